The van der Waals surface area contributed by atoms with Gasteiger partial charge in [0, 0.05) is 6.04 Å². The number of amides is 1. The van der Waals surface area contributed by atoms with Crippen molar-refractivity contribution in [3.8, 4) is 0 Å². The monoisotopic (exact) mass is 283 g/mol. The van der Waals surface area contributed by atoms with E-state index in [2.05, 4.69) is 15.3 Å². The van der Waals surface area contributed by atoms with Gasteiger partial charge >= 0.3 is 5.97 Å². The summed E-state index contributed by atoms with van der Waals surface area (Å²) < 4.78 is 0. The lowest BCUT2D eigenvalue weighted by atomic mass is 9.84. The van der Waals surface area contributed by atoms with E-state index in [4.69, 9.17) is 16.7 Å². The average Bonchev–Trinajstić information content (AvgIpc) is 2.39. The Bertz CT molecular complexity index is 495. The van der Waals surface area contributed by atoms with E-state index in [0.29, 0.717) is 12.8 Å². The number of nitrogens with one attached hydrogen (secondary N) is 1. The van der Waals surface area contributed by atoms with Crippen molar-refractivity contribution in [1.82, 2.24) is 15.3 Å². The van der Waals surface area contributed by atoms with Gasteiger partial charge in [0.2, 0.25) is 0 Å². The van der Waals surface area contributed by atoms with E-state index in [9.17, 15) is 9.59 Å². The number of aromatic nitrogens is 2. The summed E-state index contributed by atoms with van der Waals surface area (Å²) in [5.74, 6) is -1.85. The molecule has 1 heterocycles. The van der Waals surface area contributed by atoms with E-state index in [1.54, 1.807) is 0 Å². The average molecular weight is 284 g/mol. The zero-order valence-electron chi connectivity index (χ0n) is 10.2. The minimum Gasteiger partial charge on any atom is -0.481 e. The lowest BCUT2D eigenvalue weighted by Crippen LogP contribution is -2.45. The quantitative estimate of drug-likeness (QED) is 0.877. The normalized spacial score (nSPS) is 22.8. The number of carboxylic acids is 1. The summed E-state index contributed by atoms with van der Waals surface area (Å²) in [6, 6.07) is -0.362. The first-order valence-electron chi connectivity index (χ1n) is 6.09. The fraction of sp³-hybridized carbons (Fsp3) is 0.500. The van der Waals surface area contributed by atoms with E-state index in [1.165, 1.54) is 12.4 Å². The van der Waals surface area contributed by atoms with E-state index in [1.807, 2.05) is 0 Å². The predicted molar refractivity (Wildman–Crippen MR) is 67.9 cm³/mol. The number of hydrogen-bond acceptors (Lipinski definition) is 4. The van der Waals surface area contributed by atoms with Gasteiger partial charge in [-0.1, -0.05) is 24.4 Å². The number of carbonyl (C=O) groups is 2. The molecule has 2 atom stereocenters. The third kappa shape index (κ3) is 3.41. The minimum absolute atomic E-state index is 0.0993. The van der Waals surface area contributed by atoms with Crippen molar-refractivity contribution >= 4 is 23.5 Å². The molecule has 0 saturated heterocycles. The van der Waals surface area contributed by atoms with Crippen molar-refractivity contribution in [2.45, 2.75) is 31.7 Å². The topological polar surface area (TPSA) is 92.2 Å². The molecular weight excluding hydrogens is 270 g/mol. The number of aliphatic carboxylic acids is 1. The molecule has 2 rings (SSSR count). The maximum absolute atomic E-state index is 12.0. The molecule has 0 spiro atoms. The Kier molecular flexibility index (Phi) is 4.31. The first-order chi connectivity index (χ1) is 9.08. The lowest BCUT2D eigenvalue weighted by molar-refractivity contribution is -0.143. The van der Waals surface area contributed by atoms with Gasteiger partial charge in [0.15, 0.2) is 0 Å². The highest BCUT2D eigenvalue weighted by molar-refractivity contribution is 6.29. The van der Waals surface area contributed by atoms with Gasteiger partial charge in [-0.2, -0.15) is 0 Å². The number of carboxylic acid groups (broad SMARTS) is 1. The van der Waals surface area contributed by atoms with Gasteiger partial charge in [-0.15, -0.1) is 0 Å². The molecule has 6 nitrogen and oxygen atoms in total. The van der Waals surface area contributed by atoms with Crippen LogP contribution >= 0.6 is 11.6 Å². The molecule has 102 valence electrons. The van der Waals surface area contributed by atoms with Crippen LogP contribution in [0.2, 0.25) is 5.15 Å². The van der Waals surface area contributed by atoms with Crippen molar-refractivity contribution in [3.63, 3.8) is 0 Å². The fourth-order valence-electron chi connectivity index (χ4n) is 2.29. The second-order valence-electron chi connectivity index (χ2n) is 4.54. The summed E-state index contributed by atoms with van der Waals surface area (Å²) in [6.45, 7) is 0. The Labute approximate surface area is 115 Å². The molecule has 19 heavy (non-hydrogen) atoms. The number of rotatable bonds is 3. The van der Waals surface area contributed by atoms with Crippen LogP contribution in [0.4, 0.5) is 0 Å². The van der Waals surface area contributed by atoms with Gasteiger partial charge in [0.25, 0.3) is 5.91 Å². The van der Waals surface area contributed by atoms with Gasteiger partial charge in [0.1, 0.15) is 10.8 Å². The zero-order chi connectivity index (χ0) is 13.8. The van der Waals surface area contributed by atoms with Crippen LogP contribution in [-0.4, -0.2) is 33.0 Å². The molecule has 2 N–H and O–H groups in total. The van der Waals surface area contributed by atoms with Crippen LogP contribution in [0, 0.1) is 5.92 Å². The number of carbonyl (C=O) groups excluding carboxylic acids is 1. The fourth-order valence-corrected chi connectivity index (χ4v) is 2.44. The van der Waals surface area contributed by atoms with E-state index in [-0.39, 0.29) is 16.9 Å². The van der Waals surface area contributed by atoms with Gasteiger partial charge in [-0.05, 0) is 12.8 Å². The van der Waals surface area contributed by atoms with Crippen LogP contribution < -0.4 is 5.32 Å². The molecule has 1 fully saturated rings. The predicted octanol–water partition coefficient (Wildman–Crippen LogP) is 1.50. The van der Waals surface area contributed by atoms with Crippen molar-refractivity contribution in [3.05, 3.63) is 23.2 Å². The minimum atomic E-state index is -0.873. The van der Waals surface area contributed by atoms with Crippen molar-refractivity contribution in [1.29, 1.82) is 0 Å². The highest BCUT2D eigenvalue weighted by Crippen LogP contribution is 2.24. The maximum Gasteiger partial charge on any atom is 0.308 e. The standard InChI is InChI=1S/C12H14ClN3O3/c13-10-6-14-5-9(15-10)11(17)16-8-4-2-1-3-7(8)12(18)19/h5-8H,1-4H2,(H,16,17)(H,18,19). The molecule has 1 aliphatic carbocycles. The van der Waals surface area contributed by atoms with Crippen LogP contribution in [0.25, 0.3) is 0 Å². The second-order valence-corrected chi connectivity index (χ2v) is 4.92. The largest absolute Gasteiger partial charge is 0.481 e. The number of hydrogen-bond donors (Lipinski definition) is 2. The maximum atomic E-state index is 12.0. The SMILES string of the molecule is O=C(NC1CCCCC1C(=O)O)c1cncc(Cl)n1. The van der Waals surface area contributed by atoms with Crippen molar-refractivity contribution in [2.24, 2.45) is 5.92 Å². The summed E-state index contributed by atoms with van der Waals surface area (Å²) >= 11 is 5.66. The second kappa shape index (κ2) is 5.97. The van der Waals surface area contributed by atoms with Crippen molar-refractivity contribution < 1.29 is 14.7 Å². The summed E-state index contributed by atoms with van der Waals surface area (Å²) in [5, 5.41) is 12.0. The zero-order valence-corrected chi connectivity index (χ0v) is 10.9. The van der Waals surface area contributed by atoms with Gasteiger partial charge in [-0.3, -0.25) is 14.6 Å². The molecule has 0 bridgehead atoms. The van der Waals surface area contributed by atoms with Crippen LogP contribution in [0.1, 0.15) is 36.2 Å². The smallest absolute Gasteiger partial charge is 0.308 e. The van der Waals surface area contributed by atoms with Gasteiger partial charge < -0.3 is 10.4 Å². The van der Waals surface area contributed by atoms with Crippen LogP contribution in [-0.2, 0) is 4.79 Å². The van der Waals surface area contributed by atoms with Crippen molar-refractivity contribution in [2.75, 3.05) is 0 Å². The van der Waals surface area contributed by atoms with Gasteiger partial charge in [-0.25, -0.2) is 4.98 Å². The molecule has 7 heteroatoms. The Balaban J connectivity index is 2.07. The summed E-state index contributed by atoms with van der Waals surface area (Å²) in [7, 11) is 0. The van der Waals surface area contributed by atoms with Crippen LogP contribution in [0.15, 0.2) is 12.4 Å². The summed E-state index contributed by atoms with van der Waals surface area (Å²) in [6.07, 6.45) is 5.67. The molecular formula is C12H14ClN3O3. The first kappa shape index (κ1) is 13.7. The molecule has 1 amide bonds. The Morgan fingerprint density at radius 3 is 2.74 bits per heavy atom. The molecule has 0 aromatic carbocycles. The first-order valence-corrected chi connectivity index (χ1v) is 6.47. The molecule has 0 aliphatic heterocycles. The molecule has 0 radical (unpaired) electrons. The van der Waals surface area contributed by atoms with Gasteiger partial charge in [0.05, 0.1) is 18.3 Å². The Morgan fingerprint density at radius 2 is 2.05 bits per heavy atom. The third-order valence-corrected chi connectivity index (χ3v) is 3.42. The Morgan fingerprint density at radius 1 is 1.32 bits per heavy atom. The third-order valence-electron chi connectivity index (χ3n) is 3.24. The summed E-state index contributed by atoms with van der Waals surface area (Å²) in [5.41, 5.74) is 0.0993. The number of halogens is 1. The van der Waals surface area contributed by atoms with E-state index >= 15 is 0 Å². The molecule has 1 aromatic heterocycles. The molecule has 2 unspecified atom stereocenters. The number of nitrogens with zero attached hydrogens (tertiary/aromatic N) is 2. The highest BCUT2D eigenvalue weighted by Gasteiger charge is 2.32. The highest BCUT2D eigenvalue weighted by atomic mass is 35.5. The van der Waals surface area contributed by atoms with Crippen LogP contribution in [0.3, 0.4) is 0 Å². The van der Waals surface area contributed by atoms with E-state index in [0.717, 1.165) is 12.8 Å². The molecule has 1 aliphatic rings. The Hall–Kier alpha value is -1.69. The molecule has 1 aromatic rings. The molecule has 1 saturated carbocycles. The van der Waals surface area contributed by atoms with E-state index < -0.39 is 17.8 Å². The summed E-state index contributed by atoms with van der Waals surface area (Å²) in [4.78, 5) is 30.7. The lowest BCUT2D eigenvalue weighted by Gasteiger charge is -2.29. The van der Waals surface area contributed by atoms with Crippen LogP contribution in [0.5, 0.6) is 0 Å².